The average Bonchev–Trinajstić information content (AvgIpc) is 2.43. The lowest BCUT2D eigenvalue weighted by Gasteiger charge is -2.29. The number of aromatic nitrogens is 1. The van der Waals surface area contributed by atoms with Crippen molar-refractivity contribution in [1.29, 1.82) is 0 Å². The molecule has 6 nitrogen and oxygen atoms in total. The molecule has 0 fully saturated rings. The predicted octanol–water partition coefficient (Wildman–Crippen LogP) is 1.63. The van der Waals surface area contributed by atoms with Crippen molar-refractivity contribution in [2.45, 2.75) is 53.0 Å². The van der Waals surface area contributed by atoms with Gasteiger partial charge < -0.3 is 16.0 Å². The van der Waals surface area contributed by atoms with Crippen LogP contribution < -0.4 is 16.6 Å². The van der Waals surface area contributed by atoms with Crippen LogP contribution in [0.1, 0.15) is 66.9 Å². The highest BCUT2D eigenvalue weighted by Crippen LogP contribution is 2.33. The first-order valence-corrected chi connectivity index (χ1v) is 8.43. The van der Waals surface area contributed by atoms with Crippen LogP contribution in [0.2, 0.25) is 0 Å². The number of aromatic amines is 1. The zero-order chi connectivity index (χ0) is 18.1. The van der Waals surface area contributed by atoms with Crippen LogP contribution in [0.5, 0.6) is 0 Å². The third-order valence-corrected chi connectivity index (χ3v) is 4.34. The van der Waals surface area contributed by atoms with E-state index in [1.54, 1.807) is 0 Å². The molecule has 0 aromatic carbocycles. The van der Waals surface area contributed by atoms with Crippen LogP contribution in [0.15, 0.2) is 10.9 Å². The van der Waals surface area contributed by atoms with E-state index in [-0.39, 0.29) is 22.8 Å². The average molecular weight is 333 g/mol. The molecule has 2 rings (SSSR count). The van der Waals surface area contributed by atoms with Gasteiger partial charge >= 0.3 is 0 Å². The Kier molecular flexibility index (Phi) is 5.28. The second kappa shape index (κ2) is 6.89. The van der Waals surface area contributed by atoms with Crippen LogP contribution in [-0.4, -0.2) is 29.3 Å². The van der Waals surface area contributed by atoms with Gasteiger partial charge in [0.15, 0.2) is 5.78 Å². The van der Waals surface area contributed by atoms with E-state index in [1.807, 2.05) is 27.7 Å². The Morgan fingerprint density at radius 1 is 1.33 bits per heavy atom. The summed E-state index contributed by atoms with van der Waals surface area (Å²) in [5.74, 6) is -0.138. The van der Waals surface area contributed by atoms with Crippen molar-refractivity contribution in [1.82, 2.24) is 10.3 Å². The van der Waals surface area contributed by atoms with E-state index in [2.05, 4.69) is 10.3 Å². The summed E-state index contributed by atoms with van der Waals surface area (Å²) in [4.78, 5) is 39.8. The summed E-state index contributed by atoms with van der Waals surface area (Å²) in [5, 5.41) is 2.80. The van der Waals surface area contributed by atoms with Crippen molar-refractivity contribution >= 4 is 11.7 Å². The van der Waals surface area contributed by atoms with Crippen LogP contribution in [0.25, 0.3) is 0 Å². The second-order valence-corrected chi connectivity index (χ2v) is 7.88. The van der Waals surface area contributed by atoms with E-state index in [0.29, 0.717) is 36.6 Å². The standard InChI is InChI=1S/C18H27N3O3/c1-10(2)5-11(9-19)20-16(23)13-6-12-14(21-17(13)24)7-18(3,4)8-15(12)22/h6,10-11H,5,7-9,19H2,1-4H3,(H,20,23)(H,21,24). The van der Waals surface area contributed by atoms with Crippen LogP contribution in [0.3, 0.4) is 0 Å². The zero-order valence-electron chi connectivity index (χ0n) is 14.9. The number of ketones is 1. The first kappa shape index (κ1) is 18.4. The lowest BCUT2D eigenvalue weighted by molar-refractivity contribution is 0.0910. The minimum absolute atomic E-state index is 0.0241. The monoisotopic (exact) mass is 333 g/mol. The largest absolute Gasteiger partial charge is 0.348 e. The Morgan fingerprint density at radius 2 is 2.00 bits per heavy atom. The molecule has 0 aliphatic heterocycles. The Balaban J connectivity index is 2.29. The molecule has 132 valence electrons. The molecule has 1 amide bonds. The molecule has 1 atom stereocenters. The highest BCUT2D eigenvalue weighted by molar-refractivity contribution is 6.02. The fraction of sp³-hybridized carbons (Fsp3) is 0.611. The number of hydrogen-bond donors (Lipinski definition) is 3. The molecule has 1 aliphatic rings. The van der Waals surface area contributed by atoms with Crippen LogP contribution in [0.4, 0.5) is 0 Å². The minimum Gasteiger partial charge on any atom is -0.348 e. The molecule has 0 bridgehead atoms. The molecule has 0 radical (unpaired) electrons. The highest BCUT2D eigenvalue weighted by Gasteiger charge is 2.32. The Bertz CT molecular complexity index is 704. The minimum atomic E-state index is -0.479. The van der Waals surface area contributed by atoms with Gasteiger partial charge in [-0.1, -0.05) is 27.7 Å². The number of carbonyl (C=O) groups excluding carboxylic acids is 2. The van der Waals surface area contributed by atoms with Gasteiger partial charge in [-0.05, 0) is 30.2 Å². The van der Waals surface area contributed by atoms with Crippen LogP contribution >= 0.6 is 0 Å². The number of rotatable bonds is 5. The Hall–Kier alpha value is -1.95. The fourth-order valence-corrected chi connectivity index (χ4v) is 3.24. The van der Waals surface area contributed by atoms with Crippen molar-refractivity contribution in [2.75, 3.05) is 6.54 Å². The summed E-state index contributed by atoms with van der Waals surface area (Å²) in [6.45, 7) is 8.37. The predicted molar refractivity (Wildman–Crippen MR) is 93.3 cm³/mol. The summed E-state index contributed by atoms with van der Waals surface area (Å²) < 4.78 is 0. The summed E-state index contributed by atoms with van der Waals surface area (Å²) in [5.41, 5.74) is 6.10. The maximum atomic E-state index is 12.4. The van der Waals surface area contributed by atoms with Crippen molar-refractivity contribution in [2.24, 2.45) is 17.1 Å². The quantitative estimate of drug-likeness (QED) is 0.761. The smallest absolute Gasteiger partial charge is 0.261 e. The van der Waals surface area contributed by atoms with E-state index in [1.165, 1.54) is 6.07 Å². The SMILES string of the molecule is CC(C)CC(CN)NC(=O)c1cc2c([nH]c1=O)CC(C)(C)CC2=O. The molecule has 4 N–H and O–H groups in total. The first-order valence-electron chi connectivity index (χ1n) is 8.43. The number of nitrogens with two attached hydrogens (primary N) is 1. The van der Waals surface area contributed by atoms with E-state index >= 15 is 0 Å². The number of nitrogens with one attached hydrogen (secondary N) is 2. The molecule has 6 heteroatoms. The molecule has 0 saturated heterocycles. The van der Waals surface area contributed by atoms with Crippen molar-refractivity contribution in [3.63, 3.8) is 0 Å². The third-order valence-electron chi connectivity index (χ3n) is 4.34. The van der Waals surface area contributed by atoms with Gasteiger partial charge in [-0.2, -0.15) is 0 Å². The molecule has 1 heterocycles. The van der Waals surface area contributed by atoms with Crippen molar-refractivity contribution < 1.29 is 9.59 Å². The zero-order valence-corrected chi connectivity index (χ0v) is 14.9. The first-order chi connectivity index (χ1) is 11.1. The Labute approximate surface area is 142 Å². The second-order valence-electron chi connectivity index (χ2n) is 7.88. The molecule has 0 spiro atoms. The number of amides is 1. The summed E-state index contributed by atoms with van der Waals surface area (Å²) >= 11 is 0. The van der Waals surface area contributed by atoms with E-state index in [0.717, 1.165) is 6.42 Å². The van der Waals surface area contributed by atoms with Crippen molar-refractivity contribution in [3.05, 3.63) is 33.2 Å². The number of pyridine rings is 1. The van der Waals surface area contributed by atoms with Gasteiger partial charge in [0, 0.05) is 30.3 Å². The van der Waals surface area contributed by atoms with Gasteiger partial charge in [0.25, 0.3) is 11.5 Å². The number of carbonyl (C=O) groups is 2. The Morgan fingerprint density at radius 3 is 2.58 bits per heavy atom. The molecule has 1 aliphatic carbocycles. The molecule has 24 heavy (non-hydrogen) atoms. The van der Waals surface area contributed by atoms with Crippen LogP contribution in [-0.2, 0) is 6.42 Å². The lowest BCUT2D eigenvalue weighted by atomic mass is 9.75. The molecule has 1 aromatic rings. The number of hydrogen-bond acceptors (Lipinski definition) is 4. The van der Waals surface area contributed by atoms with Gasteiger partial charge in [0.1, 0.15) is 5.56 Å². The van der Waals surface area contributed by atoms with E-state index < -0.39 is 11.5 Å². The third kappa shape index (κ3) is 4.12. The number of fused-ring (bicyclic) bond motifs is 1. The number of Topliss-reactive ketones (excluding diaryl/α,β-unsaturated/α-hetero) is 1. The van der Waals surface area contributed by atoms with Gasteiger partial charge in [0.2, 0.25) is 0 Å². The molecule has 1 unspecified atom stereocenters. The summed E-state index contributed by atoms with van der Waals surface area (Å²) in [7, 11) is 0. The van der Waals surface area contributed by atoms with Gasteiger partial charge in [-0.15, -0.1) is 0 Å². The fourth-order valence-electron chi connectivity index (χ4n) is 3.24. The molecule has 1 aromatic heterocycles. The van der Waals surface area contributed by atoms with Crippen LogP contribution in [0, 0.1) is 11.3 Å². The lowest BCUT2D eigenvalue weighted by Crippen LogP contribution is -2.43. The van der Waals surface area contributed by atoms with Gasteiger partial charge in [-0.3, -0.25) is 14.4 Å². The van der Waals surface area contributed by atoms with E-state index in [4.69, 9.17) is 5.73 Å². The van der Waals surface area contributed by atoms with Crippen molar-refractivity contribution in [3.8, 4) is 0 Å². The molecular weight excluding hydrogens is 306 g/mol. The maximum Gasteiger partial charge on any atom is 0.261 e. The normalized spacial score (nSPS) is 17.5. The summed E-state index contributed by atoms with van der Waals surface area (Å²) in [6.07, 6.45) is 1.76. The maximum absolute atomic E-state index is 12.4. The molecular formula is C18H27N3O3. The molecule has 0 saturated carbocycles. The summed E-state index contributed by atoms with van der Waals surface area (Å²) in [6, 6.07) is 1.24. The van der Waals surface area contributed by atoms with E-state index in [9.17, 15) is 14.4 Å². The topological polar surface area (TPSA) is 105 Å². The number of H-pyrrole nitrogens is 1. The van der Waals surface area contributed by atoms with Gasteiger partial charge in [0.05, 0.1) is 0 Å². The van der Waals surface area contributed by atoms with Gasteiger partial charge in [-0.25, -0.2) is 0 Å². The highest BCUT2D eigenvalue weighted by atomic mass is 16.2.